The lowest BCUT2D eigenvalue weighted by molar-refractivity contribution is 0.685. The quantitative estimate of drug-likeness (QED) is 0.720. The van der Waals surface area contributed by atoms with E-state index in [9.17, 15) is 4.21 Å². The summed E-state index contributed by atoms with van der Waals surface area (Å²) >= 11 is 1.24. The predicted molar refractivity (Wildman–Crippen MR) is 46.2 cm³/mol. The number of rotatable bonds is 3. The maximum Gasteiger partial charge on any atom is 0.200 e. The normalized spacial score (nSPS) is 13.3. The zero-order chi connectivity index (χ0) is 8.27. The zero-order valence-corrected chi connectivity index (χ0v) is 8.17. The van der Waals surface area contributed by atoms with E-state index in [2.05, 4.69) is 16.3 Å². The van der Waals surface area contributed by atoms with E-state index < -0.39 is 10.8 Å². The third-order valence-corrected chi connectivity index (χ3v) is 3.23. The fourth-order valence-corrected chi connectivity index (χ4v) is 1.91. The Morgan fingerprint density at radius 3 is 2.82 bits per heavy atom. The summed E-state index contributed by atoms with van der Waals surface area (Å²) in [5.74, 6) is 0.822. The summed E-state index contributed by atoms with van der Waals surface area (Å²) in [5.41, 5.74) is 0. The smallest absolute Gasteiger partial charge is 0.200 e. The van der Waals surface area contributed by atoms with Gasteiger partial charge in [-0.1, -0.05) is 6.92 Å². The average molecular weight is 190 g/mol. The van der Waals surface area contributed by atoms with Gasteiger partial charge in [-0.3, -0.25) is 4.21 Å². The third-order valence-electron chi connectivity index (χ3n) is 1.17. The van der Waals surface area contributed by atoms with E-state index in [0.717, 1.165) is 18.7 Å². The Hall–Kier alpha value is -0.290. The van der Waals surface area contributed by atoms with Crippen LogP contribution >= 0.6 is 11.5 Å². The molecule has 0 aromatic carbocycles. The fraction of sp³-hybridized carbons (Fsp3) is 0.667. The maximum absolute atomic E-state index is 10.9. The minimum absolute atomic E-state index is 0.633. The van der Waals surface area contributed by atoms with Crippen LogP contribution in [0.25, 0.3) is 0 Å². The molecule has 0 fully saturated rings. The highest BCUT2D eigenvalue weighted by molar-refractivity contribution is 7.86. The second-order valence-corrected chi connectivity index (χ2v) is 4.49. The van der Waals surface area contributed by atoms with E-state index in [1.165, 1.54) is 11.5 Å². The van der Waals surface area contributed by atoms with Crippen molar-refractivity contribution in [3.05, 3.63) is 5.82 Å². The summed E-state index contributed by atoms with van der Waals surface area (Å²) in [7, 11) is -0.967. The summed E-state index contributed by atoms with van der Waals surface area (Å²) in [6.45, 7) is 2.07. The minimum atomic E-state index is -0.967. The Morgan fingerprint density at radius 2 is 2.36 bits per heavy atom. The topological polar surface area (TPSA) is 42.9 Å². The molecule has 5 heteroatoms. The second kappa shape index (κ2) is 3.92. The maximum atomic E-state index is 10.9. The lowest BCUT2D eigenvalue weighted by Crippen LogP contribution is -1.88. The molecular weight excluding hydrogens is 180 g/mol. The van der Waals surface area contributed by atoms with Gasteiger partial charge in [0.05, 0.1) is 10.8 Å². The van der Waals surface area contributed by atoms with Gasteiger partial charge < -0.3 is 0 Å². The summed E-state index contributed by atoms with van der Waals surface area (Å²) < 4.78 is 15.6. The van der Waals surface area contributed by atoms with E-state index >= 15 is 0 Å². The number of nitrogens with zero attached hydrogens (tertiary/aromatic N) is 2. The van der Waals surface area contributed by atoms with Crippen LogP contribution in [0.2, 0.25) is 0 Å². The molecule has 1 aromatic rings. The van der Waals surface area contributed by atoms with Gasteiger partial charge in [0.2, 0.25) is 0 Å². The zero-order valence-electron chi connectivity index (χ0n) is 6.53. The van der Waals surface area contributed by atoms with Crippen LogP contribution in [-0.4, -0.2) is 19.8 Å². The Kier molecular flexibility index (Phi) is 3.14. The number of hydrogen-bond donors (Lipinski definition) is 0. The third kappa shape index (κ3) is 2.34. The van der Waals surface area contributed by atoms with Crippen molar-refractivity contribution in [1.29, 1.82) is 0 Å². The van der Waals surface area contributed by atoms with E-state index in [-0.39, 0.29) is 0 Å². The minimum Gasteiger partial charge on any atom is -0.252 e. The van der Waals surface area contributed by atoms with Crippen LogP contribution in [0.4, 0.5) is 0 Å². The van der Waals surface area contributed by atoms with Gasteiger partial charge in [0.15, 0.2) is 4.34 Å². The molecule has 3 nitrogen and oxygen atoms in total. The van der Waals surface area contributed by atoms with Crippen molar-refractivity contribution < 1.29 is 4.21 Å². The van der Waals surface area contributed by atoms with Gasteiger partial charge in [0.25, 0.3) is 0 Å². The van der Waals surface area contributed by atoms with Gasteiger partial charge in [-0.25, -0.2) is 4.98 Å². The van der Waals surface area contributed by atoms with Gasteiger partial charge in [0.1, 0.15) is 5.82 Å². The standard InChI is InChI=1S/C6H10N2OS2/c1-3-4-5-7-6(10-8-5)11(2)9/h3-4H2,1-2H3. The van der Waals surface area contributed by atoms with Gasteiger partial charge >= 0.3 is 0 Å². The first-order valence-electron chi connectivity index (χ1n) is 3.40. The van der Waals surface area contributed by atoms with Gasteiger partial charge in [-0.2, -0.15) is 4.37 Å². The van der Waals surface area contributed by atoms with E-state index in [4.69, 9.17) is 0 Å². The first-order chi connectivity index (χ1) is 5.24. The molecule has 0 aliphatic carbocycles. The molecule has 1 unspecified atom stereocenters. The monoisotopic (exact) mass is 190 g/mol. The van der Waals surface area contributed by atoms with Gasteiger partial charge in [-0.05, 0) is 18.0 Å². The van der Waals surface area contributed by atoms with Crippen molar-refractivity contribution in [2.24, 2.45) is 0 Å². The van der Waals surface area contributed by atoms with Crippen molar-refractivity contribution in [2.45, 2.75) is 24.1 Å². The molecule has 1 heterocycles. The molecule has 0 amide bonds. The number of aryl methyl sites for hydroxylation is 1. The molecule has 1 rings (SSSR count). The largest absolute Gasteiger partial charge is 0.252 e. The van der Waals surface area contributed by atoms with Crippen LogP contribution < -0.4 is 0 Å². The van der Waals surface area contributed by atoms with Crippen molar-refractivity contribution in [3.8, 4) is 0 Å². The lowest BCUT2D eigenvalue weighted by Gasteiger charge is -1.85. The van der Waals surface area contributed by atoms with Gasteiger partial charge in [0, 0.05) is 12.7 Å². The van der Waals surface area contributed by atoms with E-state index in [0.29, 0.717) is 4.34 Å². The summed E-state index contributed by atoms with van der Waals surface area (Å²) in [4.78, 5) is 4.11. The van der Waals surface area contributed by atoms with Crippen LogP contribution in [0.3, 0.4) is 0 Å². The molecule has 1 aromatic heterocycles. The van der Waals surface area contributed by atoms with Crippen LogP contribution in [0.5, 0.6) is 0 Å². The molecule has 0 saturated carbocycles. The highest BCUT2D eigenvalue weighted by atomic mass is 32.2. The molecule has 0 bridgehead atoms. The molecule has 62 valence electrons. The molecule has 0 radical (unpaired) electrons. The molecule has 1 atom stereocenters. The Morgan fingerprint density at radius 1 is 1.64 bits per heavy atom. The highest BCUT2D eigenvalue weighted by Crippen LogP contribution is 2.09. The Labute approximate surface area is 72.5 Å². The molecule has 0 spiro atoms. The highest BCUT2D eigenvalue weighted by Gasteiger charge is 2.04. The predicted octanol–water partition coefficient (Wildman–Crippen LogP) is 1.23. The van der Waals surface area contributed by atoms with Crippen LogP contribution in [-0.2, 0) is 17.2 Å². The first-order valence-corrected chi connectivity index (χ1v) is 5.73. The van der Waals surface area contributed by atoms with Crippen molar-refractivity contribution in [2.75, 3.05) is 6.26 Å². The van der Waals surface area contributed by atoms with Crippen LogP contribution in [0, 0.1) is 0 Å². The Bertz CT molecular complexity index is 259. The molecular formula is C6H10N2OS2. The SMILES string of the molecule is CCCc1nsc(S(C)=O)n1. The van der Waals surface area contributed by atoms with E-state index in [1.54, 1.807) is 6.26 Å². The summed E-state index contributed by atoms with van der Waals surface area (Å²) in [6.07, 6.45) is 3.54. The first kappa shape index (κ1) is 8.80. The molecule has 0 aliphatic rings. The second-order valence-electron chi connectivity index (χ2n) is 2.18. The van der Waals surface area contributed by atoms with Crippen molar-refractivity contribution in [3.63, 3.8) is 0 Å². The molecule has 11 heavy (non-hydrogen) atoms. The van der Waals surface area contributed by atoms with Gasteiger partial charge in [-0.15, -0.1) is 0 Å². The van der Waals surface area contributed by atoms with E-state index in [1.807, 2.05) is 0 Å². The fourth-order valence-electron chi connectivity index (χ4n) is 0.680. The van der Waals surface area contributed by atoms with Crippen LogP contribution in [0.1, 0.15) is 19.2 Å². The Balaban J connectivity index is 2.73. The molecule has 0 aliphatic heterocycles. The molecule has 0 N–H and O–H groups in total. The summed E-state index contributed by atoms with van der Waals surface area (Å²) in [6, 6.07) is 0. The van der Waals surface area contributed by atoms with Crippen LogP contribution in [0.15, 0.2) is 4.34 Å². The van der Waals surface area contributed by atoms with Crippen molar-refractivity contribution >= 4 is 22.3 Å². The summed E-state index contributed by atoms with van der Waals surface area (Å²) in [5, 5.41) is 0. The average Bonchev–Trinajstić information content (AvgIpc) is 2.37. The number of hydrogen-bond acceptors (Lipinski definition) is 4. The number of aromatic nitrogens is 2. The van der Waals surface area contributed by atoms with Crippen molar-refractivity contribution in [1.82, 2.24) is 9.36 Å². The molecule has 0 saturated heterocycles. The lowest BCUT2D eigenvalue weighted by atomic mass is 10.3.